The van der Waals surface area contributed by atoms with Crippen molar-refractivity contribution in [3.63, 3.8) is 0 Å². The summed E-state index contributed by atoms with van der Waals surface area (Å²) in [7, 11) is 0. The van der Waals surface area contributed by atoms with Gasteiger partial charge in [0.1, 0.15) is 11.2 Å². The fraction of sp³-hybridized carbons (Fsp3) is 0.393. The number of aryl methyl sites for hydroxylation is 2. The van der Waals surface area contributed by atoms with E-state index in [0.717, 1.165) is 34.4 Å². The molecule has 1 amide bonds. The van der Waals surface area contributed by atoms with Crippen molar-refractivity contribution < 1.29 is 19.0 Å². The Bertz CT molecular complexity index is 1470. The minimum absolute atomic E-state index is 0.0562. The zero-order valence-corrected chi connectivity index (χ0v) is 22.4. The molecule has 4 aromatic heterocycles. The van der Waals surface area contributed by atoms with Crippen molar-refractivity contribution in [3.05, 3.63) is 88.6 Å². The number of rotatable bonds is 7. The highest BCUT2D eigenvalue weighted by atomic mass is 19.1. The van der Waals surface area contributed by atoms with E-state index in [1.165, 1.54) is 10.9 Å². The van der Waals surface area contributed by atoms with Crippen LogP contribution in [0.2, 0.25) is 0 Å². The fourth-order valence-electron chi connectivity index (χ4n) is 4.72. The lowest BCUT2D eigenvalue weighted by Crippen LogP contribution is -2.54. The van der Waals surface area contributed by atoms with Crippen LogP contribution < -0.4 is 5.32 Å². The predicted molar refractivity (Wildman–Crippen MR) is 140 cm³/mol. The van der Waals surface area contributed by atoms with E-state index >= 15 is 0 Å². The van der Waals surface area contributed by atoms with Crippen LogP contribution in [0.3, 0.4) is 0 Å². The Morgan fingerprint density at radius 2 is 2.05 bits per heavy atom. The maximum Gasteiger partial charge on any atom is 0.252 e. The van der Waals surface area contributed by atoms with Crippen molar-refractivity contribution in [2.24, 2.45) is 0 Å². The van der Waals surface area contributed by atoms with Gasteiger partial charge in [-0.1, -0.05) is 6.07 Å². The number of aliphatic hydroxyl groups is 1. The van der Waals surface area contributed by atoms with Crippen LogP contribution >= 0.6 is 0 Å². The van der Waals surface area contributed by atoms with Gasteiger partial charge in [0.2, 0.25) is 0 Å². The molecule has 39 heavy (non-hydrogen) atoms. The van der Waals surface area contributed by atoms with Gasteiger partial charge in [-0.2, -0.15) is 10.2 Å². The molecular weight excluding hydrogens is 501 g/mol. The summed E-state index contributed by atoms with van der Waals surface area (Å²) in [5.74, 6) is -0.255. The number of aromatic amines is 1. The molecule has 0 saturated carbocycles. The van der Waals surface area contributed by atoms with Gasteiger partial charge in [0, 0.05) is 24.0 Å². The molecule has 11 heteroatoms. The molecule has 1 fully saturated rings. The molecule has 5 rings (SSSR count). The molecule has 3 atom stereocenters. The molecule has 0 bridgehead atoms. The molecule has 0 unspecified atom stereocenters. The highest BCUT2D eigenvalue weighted by Gasteiger charge is 2.46. The van der Waals surface area contributed by atoms with Gasteiger partial charge in [0.15, 0.2) is 11.6 Å². The van der Waals surface area contributed by atoms with Crippen molar-refractivity contribution in [1.82, 2.24) is 35.3 Å². The Morgan fingerprint density at radius 1 is 1.23 bits per heavy atom. The fourth-order valence-corrected chi connectivity index (χ4v) is 4.72. The molecule has 204 valence electrons. The number of aromatic nitrogens is 6. The summed E-state index contributed by atoms with van der Waals surface area (Å²) in [5.41, 5.74) is 2.53. The number of hydrogen-bond donors (Lipinski definition) is 3. The molecule has 0 radical (unpaired) electrons. The molecular formula is C28H32FN7O3. The Kier molecular flexibility index (Phi) is 7.04. The largest absolute Gasteiger partial charge is 0.381 e. The highest BCUT2D eigenvalue weighted by Crippen LogP contribution is 2.37. The molecule has 5 heterocycles. The topological polar surface area (TPSA) is 131 Å². The van der Waals surface area contributed by atoms with Gasteiger partial charge in [-0.05, 0) is 75.9 Å². The molecule has 4 aromatic rings. The lowest BCUT2D eigenvalue weighted by atomic mass is 9.83. The summed E-state index contributed by atoms with van der Waals surface area (Å²) in [4.78, 5) is 22.3. The summed E-state index contributed by atoms with van der Waals surface area (Å²) in [5, 5.41) is 25.6. The monoisotopic (exact) mass is 533 g/mol. The van der Waals surface area contributed by atoms with E-state index in [1.807, 2.05) is 39.0 Å². The number of nitrogens with one attached hydrogen (secondary N) is 2. The van der Waals surface area contributed by atoms with Crippen LogP contribution in [0.25, 0.3) is 5.82 Å². The molecule has 10 nitrogen and oxygen atoms in total. The molecule has 1 aliphatic rings. The maximum absolute atomic E-state index is 13.2. The second-order valence-corrected chi connectivity index (χ2v) is 10.5. The third kappa shape index (κ3) is 5.74. The van der Waals surface area contributed by atoms with Crippen molar-refractivity contribution in [1.29, 1.82) is 0 Å². The minimum Gasteiger partial charge on any atom is -0.381 e. The Labute approximate surface area is 225 Å². The first-order valence-corrected chi connectivity index (χ1v) is 12.9. The highest BCUT2D eigenvalue weighted by molar-refractivity contribution is 5.85. The number of H-pyrrole nitrogens is 1. The molecule has 1 aliphatic heterocycles. The maximum atomic E-state index is 13.2. The number of pyridine rings is 2. The van der Waals surface area contributed by atoms with E-state index in [9.17, 15) is 14.3 Å². The average Bonchev–Trinajstić information content (AvgIpc) is 3.53. The first-order valence-electron chi connectivity index (χ1n) is 12.9. The molecule has 1 saturated heterocycles. The van der Waals surface area contributed by atoms with Crippen molar-refractivity contribution in [3.8, 4) is 5.82 Å². The van der Waals surface area contributed by atoms with E-state index in [1.54, 1.807) is 25.3 Å². The van der Waals surface area contributed by atoms with Crippen molar-refractivity contribution in [2.45, 2.75) is 64.2 Å². The molecule has 0 aliphatic carbocycles. The summed E-state index contributed by atoms with van der Waals surface area (Å²) in [6, 6.07) is 8.98. The van der Waals surface area contributed by atoms with Crippen LogP contribution in [-0.2, 0) is 21.6 Å². The normalized spacial score (nSPS) is 22.0. The van der Waals surface area contributed by atoms with Crippen LogP contribution in [0.4, 0.5) is 4.39 Å². The summed E-state index contributed by atoms with van der Waals surface area (Å²) < 4.78 is 20.6. The Morgan fingerprint density at radius 3 is 2.67 bits per heavy atom. The zero-order chi connectivity index (χ0) is 27.8. The van der Waals surface area contributed by atoms with Gasteiger partial charge in [-0.3, -0.25) is 14.9 Å². The van der Waals surface area contributed by atoms with Gasteiger partial charge in [-0.25, -0.2) is 14.1 Å². The first-order chi connectivity index (χ1) is 18.5. The summed E-state index contributed by atoms with van der Waals surface area (Å²) in [6.07, 6.45) is 5.15. The molecule has 0 aromatic carbocycles. The van der Waals surface area contributed by atoms with Crippen molar-refractivity contribution in [2.75, 3.05) is 6.61 Å². The van der Waals surface area contributed by atoms with Gasteiger partial charge < -0.3 is 15.2 Å². The van der Waals surface area contributed by atoms with Gasteiger partial charge >= 0.3 is 0 Å². The van der Waals surface area contributed by atoms with Crippen LogP contribution in [0.1, 0.15) is 66.6 Å². The van der Waals surface area contributed by atoms with Crippen LogP contribution in [0, 0.1) is 19.7 Å². The third-order valence-corrected chi connectivity index (χ3v) is 7.15. The Hall–Kier alpha value is -3.96. The number of halogens is 1. The number of carbonyl (C=O) groups excluding carboxylic acids is 1. The quantitative estimate of drug-likeness (QED) is 0.332. The molecule has 0 spiro atoms. The number of amides is 1. The second kappa shape index (κ2) is 10.3. The van der Waals surface area contributed by atoms with Crippen molar-refractivity contribution >= 4 is 5.91 Å². The van der Waals surface area contributed by atoms with E-state index in [0.29, 0.717) is 30.8 Å². The SMILES string of the molecule is Cc1cc(Cc2cc(C)[nH]n2)nc([C@]2(O)CC[C@@](C)(C(=O)N[C@@H](C)c3ccc(-n4cc(F)cn4)nc3)OC2)c1. The van der Waals surface area contributed by atoms with E-state index in [2.05, 4.69) is 25.6 Å². The smallest absolute Gasteiger partial charge is 0.252 e. The summed E-state index contributed by atoms with van der Waals surface area (Å²) >= 11 is 0. The van der Waals surface area contributed by atoms with Crippen LogP contribution in [-0.4, -0.2) is 53.2 Å². The van der Waals surface area contributed by atoms with Crippen LogP contribution in [0.5, 0.6) is 0 Å². The number of carbonyl (C=O) groups is 1. The van der Waals surface area contributed by atoms with Gasteiger partial charge in [-0.15, -0.1) is 0 Å². The molecule has 3 N–H and O–H groups in total. The average molecular weight is 534 g/mol. The Balaban J connectivity index is 1.23. The summed E-state index contributed by atoms with van der Waals surface area (Å²) in [6.45, 7) is 7.44. The third-order valence-electron chi connectivity index (χ3n) is 7.15. The number of hydrogen-bond acceptors (Lipinski definition) is 7. The van der Waals surface area contributed by atoms with Crippen LogP contribution in [0.15, 0.2) is 48.9 Å². The van der Waals surface area contributed by atoms with Gasteiger partial charge in [0.05, 0.1) is 36.4 Å². The first kappa shape index (κ1) is 26.6. The van der Waals surface area contributed by atoms with E-state index in [4.69, 9.17) is 9.72 Å². The zero-order valence-electron chi connectivity index (χ0n) is 22.4. The van der Waals surface area contributed by atoms with E-state index in [-0.39, 0.29) is 18.6 Å². The standard InChI is InChI=1S/C28H32FN7O3/c1-17-9-22(12-23-11-18(2)34-35-23)33-24(10-17)28(38)8-7-27(4,39-16-28)26(37)32-19(3)20-5-6-25(30-13-20)36-15-21(29)14-31-36/h5-6,9-11,13-15,19,38H,7-8,12,16H2,1-4H3,(H,32,37)(H,34,35)/t19-,27-,28-/m0/s1. The van der Waals surface area contributed by atoms with Gasteiger partial charge in [0.25, 0.3) is 5.91 Å². The number of nitrogens with zero attached hydrogens (tertiary/aromatic N) is 5. The van der Waals surface area contributed by atoms with E-state index < -0.39 is 17.0 Å². The predicted octanol–water partition coefficient (Wildman–Crippen LogP) is 3.37. The minimum atomic E-state index is -1.31. The second-order valence-electron chi connectivity index (χ2n) is 10.5. The number of ether oxygens (including phenoxy) is 1. The lowest BCUT2D eigenvalue weighted by Gasteiger charge is -2.41. The lowest BCUT2D eigenvalue weighted by molar-refractivity contribution is -0.181.